The minimum atomic E-state index is 0.302. The number of fused-ring (bicyclic) bond motifs is 1. The van der Waals surface area contributed by atoms with Crippen molar-refractivity contribution < 1.29 is 0 Å². The maximum Gasteiger partial charge on any atom is 0.202 e. The molecule has 0 radical (unpaired) electrons. The molecule has 116 valence electrons. The summed E-state index contributed by atoms with van der Waals surface area (Å²) in [6.45, 7) is 3.06. The van der Waals surface area contributed by atoms with Crippen LogP contribution >= 0.6 is 11.8 Å². The molecule has 1 saturated carbocycles. The van der Waals surface area contributed by atoms with Crippen molar-refractivity contribution in [2.75, 3.05) is 12.0 Å². The van der Waals surface area contributed by atoms with Crippen LogP contribution in [0.5, 0.6) is 0 Å². The van der Waals surface area contributed by atoms with E-state index < -0.39 is 0 Å². The third kappa shape index (κ3) is 2.43. The number of hydrogen-bond donors (Lipinski definition) is 1. The Morgan fingerprint density at radius 1 is 1.29 bits per heavy atom. The van der Waals surface area contributed by atoms with Crippen molar-refractivity contribution >= 4 is 28.9 Å². The maximum atomic E-state index is 6.22. The minimum absolute atomic E-state index is 0.302. The predicted octanol–water partition coefficient (Wildman–Crippen LogP) is 2.98. The molecule has 1 fully saturated rings. The number of aryl methyl sites for hydroxylation is 2. The van der Waals surface area contributed by atoms with E-state index in [1.807, 2.05) is 23.5 Å². The van der Waals surface area contributed by atoms with Crippen LogP contribution in [0.4, 0.5) is 5.95 Å². The molecule has 0 spiro atoms. The molecule has 0 unspecified atom stereocenters. The molecule has 2 N–H and O–H groups in total. The van der Waals surface area contributed by atoms with Crippen molar-refractivity contribution in [2.24, 2.45) is 7.05 Å². The van der Waals surface area contributed by atoms with Crippen LogP contribution in [-0.2, 0) is 20.0 Å². The summed E-state index contributed by atoms with van der Waals surface area (Å²) in [6.07, 6.45) is 9.67. The van der Waals surface area contributed by atoms with Crippen LogP contribution in [0.25, 0.3) is 11.2 Å². The van der Waals surface area contributed by atoms with Crippen LogP contribution in [0.2, 0.25) is 0 Å². The van der Waals surface area contributed by atoms with E-state index in [9.17, 15) is 0 Å². The Bertz CT molecular complexity index is 636. The lowest BCUT2D eigenvalue weighted by atomic mass is 9.88. The first-order valence-electron chi connectivity index (χ1n) is 7.83. The summed E-state index contributed by atoms with van der Waals surface area (Å²) in [6, 6.07) is 0. The number of rotatable bonds is 4. The second-order valence-electron chi connectivity index (χ2n) is 6.10. The Morgan fingerprint density at radius 2 is 2.00 bits per heavy atom. The van der Waals surface area contributed by atoms with E-state index in [0.29, 0.717) is 10.7 Å². The summed E-state index contributed by atoms with van der Waals surface area (Å²) in [5, 5.41) is 4.58. The average Bonchev–Trinajstić information content (AvgIpc) is 2.98. The maximum absolute atomic E-state index is 6.22. The minimum Gasteiger partial charge on any atom is -0.369 e. The van der Waals surface area contributed by atoms with Gasteiger partial charge in [-0.1, -0.05) is 26.2 Å². The SMILES string of the molecule is CCc1nn(C)c2c1nc(N)n2CC1(SC)CCCCC1. The standard InChI is InChI=1S/C15H25N5S/c1-4-11-12-13(19(2)18-11)20(14(16)17-12)10-15(21-3)8-6-5-7-9-15/h4-10H2,1-3H3,(H2,16,17). The van der Waals surface area contributed by atoms with Gasteiger partial charge in [-0.05, 0) is 25.5 Å². The Morgan fingerprint density at radius 3 is 2.62 bits per heavy atom. The Kier molecular flexibility index (Phi) is 3.90. The van der Waals surface area contributed by atoms with Crippen molar-refractivity contribution in [2.45, 2.75) is 56.7 Å². The van der Waals surface area contributed by atoms with Gasteiger partial charge in [0, 0.05) is 18.3 Å². The van der Waals surface area contributed by atoms with Crippen LogP contribution in [0.1, 0.15) is 44.7 Å². The van der Waals surface area contributed by atoms with E-state index in [2.05, 4.69) is 27.8 Å². The monoisotopic (exact) mass is 307 g/mol. The summed E-state index contributed by atoms with van der Waals surface area (Å²) < 4.78 is 4.42. The third-order valence-electron chi connectivity index (χ3n) is 4.80. The van der Waals surface area contributed by atoms with E-state index in [-0.39, 0.29) is 0 Å². The molecule has 0 aromatic carbocycles. The molecule has 0 saturated heterocycles. The highest BCUT2D eigenvalue weighted by atomic mass is 32.2. The second-order valence-corrected chi connectivity index (χ2v) is 7.37. The molecule has 0 amide bonds. The summed E-state index contributed by atoms with van der Waals surface area (Å²) >= 11 is 1.99. The fraction of sp³-hybridized carbons (Fsp3) is 0.733. The molecule has 5 nitrogen and oxygen atoms in total. The Balaban J connectivity index is 2.03. The second kappa shape index (κ2) is 5.55. The van der Waals surface area contributed by atoms with E-state index >= 15 is 0 Å². The van der Waals surface area contributed by atoms with Crippen molar-refractivity contribution in [3.63, 3.8) is 0 Å². The largest absolute Gasteiger partial charge is 0.369 e. The van der Waals surface area contributed by atoms with Crippen LogP contribution in [0, 0.1) is 0 Å². The normalized spacial score (nSPS) is 18.4. The van der Waals surface area contributed by atoms with E-state index in [0.717, 1.165) is 29.8 Å². The first kappa shape index (κ1) is 14.8. The Labute approximate surface area is 130 Å². The Hall–Kier alpha value is -1.17. The molecule has 0 atom stereocenters. The number of thioether (sulfide) groups is 1. The van der Waals surface area contributed by atoms with Crippen molar-refractivity contribution in [1.29, 1.82) is 0 Å². The van der Waals surface area contributed by atoms with Crippen molar-refractivity contribution in [3.05, 3.63) is 5.69 Å². The summed E-state index contributed by atoms with van der Waals surface area (Å²) in [5.74, 6) is 0.631. The number of nitrogens with zero attached hydrogens (tertiary/aromatic N) is 4. The van der Waals surface area contributed by atoms with Crippen LogP contribution in [0.15, 0.2) is 0 Å². The zero-order valence-electron chi connectivity index (χ0n) is 13.2. The highest BCUT2D eigenvalue weighted by Gasteiger charge is 2.33. The molecule has 2 aromatic heterocycles. The summed E-state index contributed by atoms with van der Waals surface area (Å²) in [4.78, 5) is 4.58. The third-order valence-corrected chi connectivity index (χ3v) is 6.20. The number of nitrogen functional groups attached to an aromatic ring is 1. The predicted molar refractivity (Wildman–Crippen MR) is 89.6 cm³/mol. The van der Waals surface area contributed by atoms with Crippen LogP contribution in [-0.4, -0.2) is 30.3 Å². The fourth-order valence-electron chi connectivity index (χ4n) is 3.56. The fourth-order valence-corrected chi connectivity index (χ4v) is 4.52. The van der Waals surface area contributed by atoms with Gasteiger partial charge < -0.3 is 5.73 Å². The zero-order chi connectivity index (χ0) is 15.0. The lowest BCUT2D eigenvalue weighted by Crippen LogP contribution is -2.33. The lowest BCUT2D eigenvalue weighted by Gasteiger charge is -2.36. The molecule has 0 bridgehead atoms. The van der Waals surface area contributed by atoms with Gasteiger partial charge in [-0.2, -0.15) is 16.9 Å². The van der Waals surface area contributed by atoms with Crippen LogP contribution < -0.4 is 5.73 Å². The number of nitrogens with two attached hydrogens (primary N) is 1. The van der Waals surface area contributed by atoms with Gasteiger partial charge in [0.1, 0.15) is 5.52 Å². The topological polar surface area (TPSA) is 61.7 Å². The van der Waals surface area contributed by atoms with Gasteiger partial charge in [0.15, 0.2) is 5.65 Å². The van der Waals surface area contributed by atoms with E-state index in [4.69, 9.17) is 5.73 Å². The first-order valence-corrected chi connectivity index (χ1v) is 9.05. The quantitative estimate of drug-likeness (QED) is 0.943. The van der Waals surface area contributed by atoms with E-state index in [1.54, 1.807) is 0 Å². The molecular weight excluding hydrogens is 282 g/mol. The van der Waals surface area contributed by atoms with Crippen molar-refractivity contribution in [3.8, 4) is 0 Å². The van der Waals surface area contributed by atoms with Gasteiger partial charge >= 0.3 is 0 Å². The van der Waals surface area contributed by atoms with Gasteiger partial charge in [0.2, 0.25) is 5.95 Å². The van der Waals surface area contributed by atoms with Crippen LogP contribution in [0.3, 0.4) is 0 Å². The molecule has 2 aromatic rings. The number of hydrogen-bond acceptors (Lipinski definition) is 4. The van der Waals surface area contributed by atoms with Gasteiger partial charge in [0.05, 0.1) is 5.69 Å². The van der Waals surface area contributed by atoms with Gasteiger partial charge in [-0.3, -0.25) is 9.25 Å². The average molecular weight is 307 g/mol. The first-order chi connectivity index (χ1) is 10.1. The summed E-state index contributed by atoms with van der Waals surface area (Å²) in [7, 11) is 1.99. The molecule has 3 rings (SSSR count). The highest BCUT2D eigenvalue weighted by molar-refractivity contribution is 8.00. The molecule has 1 aliphatic rings. The number of imidazole rings is 1. The van der Waals surface area contributed by atoms with Crippen molar-refractivity contribution in [1.82, 2.24) is 19.3 Å². The number of anilines is 1. The number of aromatic nitrogens is 4. The van der Waals surface area contributed by atoms with Gasteiger partial charge in [0.25, 0.3) is 0 Å². The highest BCUT2D eigenvalue weighted by Crippen LogP contribution is 2.41. The molecule has 6 heteroatoms. The van der Waals surface area contributed by atoms with Gasteiger partial charge in [-0.25, -0.2) is 4.98 Å². The van der Waals surface area contributed by atoms with Gasteiger partial charge in [-0.15, -0.1) is 0 Å². The van der Waals surface area contributed by atoms with E-state index in [1.165, 1.54) is 32.1 Å². The molecule has 2 heterocycles. The molecule has 21 heavy (non-hydrogen) atoms. The molecular formula is C15H25N5S. The summed E-state index contributed by atoms with van der Waals surface area (Å²) in [5.41, 5.74) is 9.31. The lowest BCUT2D eigenvalue weighted by molar-refractivity contribution is 0.361. The smallest absolute Gasteiger partial charge is 0.202 e. The zero-order valence-corrected chi connectivity index (χ0v) is 14.0. The molecule has 1 aliphatic carbocycles. The molecule has 0 aliphatic heterocycles.